The average Bonchev–Trinajstić information content (AvgIpc) is 1.56. The number of quaternary nitrogens is 1. The van der Waals surface area contributed by atoms with Gasteiger partial charge in [0.15, 0.2) is 0 Å². The number of rotatable bonds is 3. The van der Waals surface area contributed by atoms with Gasteiger partial charge >= 0.3 is 5.97 Å². The van der Waals surface area contributed by atoms with E-state index in [2.05, 4.69) is 0 Å². The summed E-state index contributed by atoms with van der Waals surface area (Å²) in [4.78, 5) is 10.4. The van der Waals surface area contributed by atoms with Crippen molar-refractivity contribution in [3.05, 3.63) is 0 Å². The van der Waals surface area contributed by atoms with Crippen LogP contribution in [0.1, 0.15) is 6.92 Å². The van der Waals surface area contributed by atoms with E-state index in [1.807, 2.05) is 21.1 Å². The largest absolute Gasteiger partial charge is 0.479 e. The monoisotopic (exact) mass is 162 g/mol. The summed E-state index contributed by atoms with van der Waals surface area (Å²) in [6.07, 6.45) is 0. The minimum absolute atomic E-state index is 0.197. The zero-order valence-electron chi connectivity index (χ0n) is 7.46. The van der Waals surface area contributed by atoms with Crippen molar-refractivity contribution in [1.29, 1.82) is 0 Å². The van der Waals surface area contributed by atoms with Crippen molar-refractivity contribution in [3.8, 4) is 0 Å². The van der Waals surface area contributed by atoms with Crippen LogP contribution in [0.15, 0.2) is 0 Å². The van der Waals surface area contributed by atoms with Crippen LogP contribution in [0.4, 0.5) is 0 Å². The van der Waals surface area contributed by atoms with Crippen molar-refractivity contribution in [2.75, 3.05) is 27.7 Å². The van der Waals surface area contributed by atoms with E-state index >= 15 is 0 Å². The highest BCUT2D eigenvalue weighted by Gasteiger charge is 2.35. The molecule has 0 rings (SSSR count). The Balaban J connectivity index is 4.25. The maximum absolute atomic E-state index is 10.4. The van der Waals surface area contributed by atoms with E-state index in [1.54, 1.807) is 0 Å². The molecule has 66 valence electrons. The molecule has 0 aromatic carbocycles. The molecule has 0 heterocycles. The van der Waals surface area contributed by atoms with Crippen LogP contribution in [0.5, 0.6) is 0 Å². The predicted octanol–water partition coefficient (Wildman–Crippen LogP) is -0.472. The fraction of sp³-hybridized carbons (Fsp3) is 0.857. The number of likely N-dealkylation sites (N-methyl/N-ethyl adjacent to an activating group) is 1. The zero-order valence-corrected chi connectivity index (χ0v) is 7.46. The maximum Gasteiger partial charge on any atom is 0.341 e. The van der Waals surface area contributed by atoms with E-state index in [4.69, 9.17) is 5.11 Å². The molecule has 1 unspecified atom stereocenters. The van der Waals surface area contributed by atoms with Crippen LogP contribution in [0, 0.1) is 0 Å². The molecule has 0 aromatic rings. The van der Waals surface area contributed by atoms with Gasteiger partial charge in [-0.1, -0.05) is 0 Å². The molecule has 0 fully saturated rings. The number of aliphatic hydroxyl groups is 1. The summed E-state index contributed by atoms with van der Waals surface area (Å²) in [5.41, 5.74) is -1.63. The molecular formula is C7H16NO3+. The van der Waals surface area contributed by atoms with Gasteiger partial charge in [-0.3, -0.25) is 0 Å². The lowest BCUT2D eigenvalue weighted by Gasteiger charge is -2.30. The minimum atomic E-state index is -1.63. The van der Waals surface area contributed by atoms with Crippen LogP contribution in [-0.4, -0.2) is 54.0 Å². The Morgan fingerprint density at radius 3 is 1.91 bits per heavy atom. The minimum Gasteiger partial charge on any atom is -0.479 e. The van der Waals surface area contributed by atoms with Crippen molar-refractivity contribution in [1.82, 2.24) is 0 Å². The SMILES string of the molecule is CC(O)(C[N+](C)(C)C)C(=O)O. The molecular weight excluding hydrogens is 146 g/mol. The van der Waals surface area contributed by atoms with Gasteiger partial charge in [0, 0.05) is 0 Å². The van der Waals surface area contributed by atoms with Crippen LogP contribution in [0.2, 0.25) is 0 Å². The van der Waals surface area contributed by atoms with E-state index in [1.165, 1.54) is 6.92 Å². The molecule has 4 heteroatoms. The fourth-order valence-corrected chi connectivity index (χ4v) is 0.991. The third-order valence-corrected chi connectivity index (χ3v) is 1.24. The number of carboxylic acids is 1. The van der Waals surface area contributed by atoms with Crippen molar-refractivity contribution >= 4 is 5.97 Å². The van der Waals surface area contributed by atoms with Crippen LogP contribution >= 0.6 is 0 Å². The van der Waals surface area contributed by atoms with Gasteiger partial charge in [0.1, 0.15) is 6.54 Å². The summed E-state index contributed by atoms with van der Waals surface area (Å²) >= 11 is 0. The van der Waals surface area contributed by atoms with Gasteiger partial charge in [0.05, 0.1) is 21.1 Å². The molecule has 4 nitrogen and oxygen atoms in total. The maximum atomic E-state index is 10.4. The molecule has 0 saturated carbocycles. The van der Waals surface area contributed by atoms with Crippen molar-refractivity contribution in [2.45, 2.75) is 12.5 Å². The van der Waals surface area contributed by atoms with Crippen LogP contribution in [0.3, 0.4) is 0 Å². The first-order chi connectivity index (χ1) is 4.65. The van der Waals surface area contributed by atoms with Gasteiger partial charge in [0.2, 0.25) is 5.60 Å². The molecule has 0 aliphatic rings. The zero-order chi connectivity index (χ0) is 9.28. The highest BCUT2D eigenvalue weighted by Crippen LogP contribution is 2.07. The summed E-state index contributed by atoms with van der Waals surface area (Å²) in [5, 5.41) is 17.9. The molecule has 0 saturated heterocycles. The van der Waals surface area contributed by atoms with Crippen molar-refractivity contribution in [2.24, 2.45) is 0 Å². The molecule has 1 atom stereocenters. The summed E-state index contributed by atoms with van der Waals surface area (Å²) in [5.74, 6) is -1.18. The first kappa shape index (κ1) is 10.4. The Labute approximate surface area is 66.6 Å². The van der Waals surface area contributed by atoms with E-state index in [9.17, 15) is 9.90 Å². The summed E-state index contributed by atoms with van der Waals surface area (Å²) in [6.45, 7) is 1.50. The highest BCUT2D eigenvalue weighted by molar-refractivity contribution is 5.76. The molecule has 0 aliphatic heterocycles. The lowest BCUT2D eigenvalue weighted by atomic mass is 10.1. The molecule has 0 spiro atoms. The summed E-state index contributed by atoms with van der Waals surface area (Å²) in [6, 6.07) is 0. The Bertz CT molecular complexity index is 158. The topological polar surface area (TPSA) is 57.5 Å². The van der Waals surface area contributed by atoms with Crippen LogP contribution in [0.25, 0.3) is 0 Å². The van der Waals surface area contributed by atoms with Gasteiger partial charge in [-0.25, -0.2) is 4.79 Å². The van der Waals surface area contributed by atoms with Crippen LogP contribution < -0.4 is 0 Å². The standard InChI is InChI=1S/C7H15NO3/c1-7(11,6(9)10)5-8(2,3)4/h11H,5H2,1-4H3/p+1. The van der Waals surface area contributed by atoms with Crippen LogP contribution in [-0.2, 0) is 4.79 Å². The lowest BCUT2D eigenvalue weighted by molar-refractivity contribution is -0.875. The first-order valence-electron chi connectivity index (χ1n) is 3.41. The number of aliphatic carboxylic acids is 1. The Morgan fingerprint density at radius 1 is 1.45 bits per heavy atom. The van der Waals surface area contributed by atoms with E-state index in [0.717, 1.165) is 0 Å². The van der Waals surface area contributed by atoms with Gasteiger partial charge in [-0.05, 0) is 6.92 Å². The fourth-order valence-electron chi connectivity index (χ4n) is 0.991. The summed E-state index contributed by atoms with van der Waals surface area (Å²) < 4.78 is 0.430. The van der Waals surface area contributed by atoms with Crippen molar-refractivity contribution in [3.63, 3.8) is 0 Å². The van der Waals surface area contributed by atoms with Crippen molar-refractivity contribution < 1.29 is 19.5 Å². The third-order valence-electron chi connectivity index (χ3n) is 1.24. The molecule has 0 aromatic heterocycles. The highest BCUT2D eigenvalue weighted by atomic mass is 16.4. The quantitative estimate of drug-likeness (QED) is 0.551. The molecule has 2 N–H and O–H groups in total. The second kappa shape index (κ2) is 2.79. The second-order valence-electron chi connectivity index (χ2n) is 4.03. The smallest absolute Gasteiger partial charge is 0.341 e. The second-order valence-corrected chi connectivity index (χ2v) is 4.03. The predicted molar refractivity (Wildman–Crippen MR) is 41.2 cm³/mol. The lowest BCUT2D eigenvalue weighted by Crippen LogP contribution is -2.51. The number of nitrogens with zero attached hydrogens (tertiary/aromatic N) is 1. The Hall–Kier alpha value is -0.610. The van der Waals surface area contributed by atoms with E-state index in [-0.39, 0.29) is 6.54 Å². The number of hydrogen-bond acceptors (Lipinski definition) is 2. The molecule has 11 heavy (non-hydrogen) atoms. The number of carboxylic acid groups (broad SMARTS) is 1. The normalized spacial score (nSPS) is 17.5. The molecule has 0 radical (unpaired) electrons. The van der Waals surface area contributed by atoms with Gasteiger partial charge in [-0.2, -0.15) is 0 Å². The third kappa shape index (κ3) is 3.95. The molecule has 0 amide bonds. The number of carbonyl (C=O) groups is 1. The Morgan fingerprint density at radius 2 is 1.82 bits per heavy atom. The van der Waals surface area contributed by atoms with Gasteiger partial charge in [-0.15, -0.1) is 0 Å². The first-order valence-corrected chi connectivity index (χ1v) is 3.41. The van der Waals surface area contributed by atoms with E-state index < -0.39 is 11.6 Å². The van der Waals surface area contributed by atoms with Gasteiger partial charge in [0.25, 0.3) is 0 Å². The molecule has 0 bridgehead atoms. The number of hydrogen-bond donors (Lipinski definition) is 2. The average molecular weight is 162 g/mol. The van der Waals surface area contributed by atoms with Gasteiger partial charge < -0.3 is 14.7 Å². The van der Waals surface area contributed by atoms with E-state index in [0.29, 0.717) is 4.48 Å². The summed E-state index contributed by atoms with van der Waals surface area (Å²) in [7, 11) is 5.49. The Kier molecular flexibility index (Phi) is 2.64. The molecule has 0 aliphatic carbocycles.